The summed E-state index contributed by atoms with van der Waals surface area (Å²) in [6, 6.07) is 21.8. The lowest BCUT2D eigenvalue weighted by Gasteiger charge is -2.10. The van der Waals surface area contributed by atoms with Crippen LogP contribution < -0.4 is 5.32 Å². The molecule has 7 nitrogen and oxygen atoms in total. The molecule has 5 rings (SSSR count). The number of para-hydroxylation sites is 1. The summed E-state index contributed by atoms with van der Waals surface area (Å²) in [5, 5.41) is 14.8. The van der Waals surface area contributed by atoms with E-state index in [9.17, 15) is 4.79 Å². The minimum absolute atomic E-state index is 0.150. The third-order valence-electron chi connectivity index (χ3n) is 5.02. The van der Waals surface area contributed by atoms with E-state index >= 15 is 0 Å². The molecule has 0 aliphatic heterocycles. The molecule has 0 atom stereocenters. The zero-order valence-corrected chi connectivity index (χ0v) is 19.9. The van der Waals surface area contributed by atoms with Gasteiger partial charge in [0.1, 0.15) is 0 Å². The summed E-state index contributed by atoms with van der Waals surface area (Å²) < 4.78 is 1.95. The van der Waals surface area contributed by atoms with Gasteiger partial charge in [0.2, 0.25) is 5.91 Å². The lowest BCUT2D eigenvalue weighted by atomic mass is 10.1. The van der Waals surface area contributed by atoms with Crippen molar-refractivity contribution in [3.05, 3.63) is 90.1 Å². The van der Waals surface area contributed by atoms with E-state index in [0.717, 1.165) is 22.5 Å². The van der Waals surface area contributed by atoms with Crippen LogP contribution in [0.4, 0.5) is 5.13 Å². The summed E-state index contributed by atoms with van der Waals surface area (Å²) in [4.78, 5) is 21.3. The van der Waals surface area contributed by atoms with Crippen molar-refractivity contribution in [3.63, 3.8) is 0 Å². The number of thiazole rings is 1. The summed E-state index contributed by atoms with van der Waals surface area (Å²) in [6.45, 7) is 2.05. The Morgan fingerprint density at radius 3 is 2.50 bits per heavy atom. The summed E-state index contributed by atoms with van der Waals surface area (Å²) in [6.07, 6.45) is 3.44. The first-order valence-electron chi connectivity index (χ1n) is 10.5. The number of pyridine rings is 1. The fourth-order valence-electron chi connectivity index (χ4n) is 3.33. The van der Waals surface area contributed by atoms with E-state index in [1.165, 1.54) is 28.7 Å². The van der Waals surface area contributed by atoms with Gasteiger partial charge in [0.25, 0.3) is 0 Å². The quantitative estimate of drug-likeness (QED) is 0.307. The van der Waals surface area contributed by atoms with Crippen LogP contribution >= 0.6 is 23.1 Å². The van der Waals surface area contributed by atoms with Gasteiger partial charge in [-0.2, -0.15) is 0 Å². The van der Waals surface area contributed by atoms with Crippen molar-refractivity contribution < 1.29 is 4.79 Å². The highest BCUT2D eigenvalue weighted by molar-refractivity contribution is 7.99. The Hall–Kier alpha value is -3.82. The molecule has 0 bridgehead atoms. The van der Waals surface area contributed by atoms with Gasteiger partial charge in [-0.3, -0.25) is 14.3 Å². The van der Waals surface area contributed by atoms with Crippen LogP contribution in [0.2, 0.25) is 0 Å². The zero-order valence-electron chi connectivity index (χ0n) is 18.3. The molecule has 0 fully saturated rings. The molecule has 34 heavy (non-hydrogen) atoms. The summed E-state index contributed by atoms with van der Waals surface area (Å²) in [5.74, 6) is 0.725. The van der Waals surface area contributed by atoms with Gasteiger partial charge in [-0.15, -0.1) is 21.5 Å². The van der Waals surface area contributed by atoms with Crippen molar-refractivity contribution in [1.82, 2.24) is 24.7 Å². The number of thioether (sulfide) groups is 1. The van der Waals surface area contributed by atoms with Crippen LogP contribution in [-0.4, -0.2) is 36.4 Å². The zero-order chi connectivity index (χ0) is 23.3. The van der Waals surface area contributed by atoms with Gasteiger partial charge in [0, 0.05) is 34.6 Å². The van der Waals surface area contributed by atoms with E-state index in [-0.39, 0.29) is 11.7 Å². The summed E-state index contributed by atoms with van der Waals surface area (Å²) in [7, 11) is 0. The number of aromatic nitrogens is 5. The Morgan fingerprint density at radius 1 is 0.971 bits per heavy atom. The van der Waals surface area contributed by atoms with Crippen LogP contribution in [0, 0.1) is 6.92 Å². The fourth-order valence-corrected chi connectivity index (χ4v) is 4.82. The van der Waals surface area contributed by atoms with Crippen LogP contribution in [0.3, 0.4) is 0 Å². The molecule has 5 aromatic rings. The monoisotopic (exact) mass is 484 g/mol. The van der Waals surface area contributed by atoms with Crippen molar-refractivity contribution in [2.75, 3.05) is 11.1 Å². The average Bonchev–Trinajstić information content (AvgIpc) is 3.51. The van der Waals surface area contributed by atoms with E-state index in [1.807, 2.05) is 83.6 Å². The molecular weight excluding hydrogens is 464 g/mol. The molecule has 168 valence electrons. The van der Waals surface area contributed by atoms with Crippen molar-refractivity contribution in [2.45, 2.75) is 12.1 Å². The van der Waals surface area contributed by atoms with Gasteiger partial charge in [-0.25, -0.2) is 4.98 Å². The smallest absolute Gasteiger partial charge is 0.236 e. The van der Waals surface area contributed by atoms with E-state index in [4.69, 9.17) is 0 Å². The number of benzene rings is 2. The van der Waals surface area contributed by atoms with Crippen molar-refractivity contribution >= 4 is 34.1 Å². The predicted octanol–water partition coefficient (Wildman–Crippen LogP) is 5.49. The van der Waals surface area contributed by atoms with Crippen molar-refractivity contribution in [1.29, 1.82) is 0 Å². The molecule has 9 heteroatoms. The van der Waals surface area contributed by atoms with Crippen LogP contribution in [0.15, 0.2) is 89.7 Å². The molecule has 2 aromatic carbocycles. The minimum Gasteiger partial charge on any atom is -0.301 e. The number of carbonyl (C=O) groups is 1. The number of amides is 1. The lowest BCUT2D eigenvalue weighted by molar-refractivity contribution is -0.113. The Bertz CT molecular complexity index is 1400. The number of hydrogen-bond donors (Lipinski definition) is 1. The maximum absolute atomic E-state index is 12.7. The second-order valence-corrected chi connectivity index (χ2v) is 9.25. The van der Waals surface area contributed by atoms with Crippen LogP contribution in [-0.2, 0) is 4.79 Å². The van der Waals surface area contributed by atoms with E-state index in [2.05, 4.69) is 25.5 Å². The maximum atomic E-state index is 12.7. The standard InChI is InChI=1S/C25H20N6OS2/c1-17-7-9-18(10-8-17)21-15-33-24(27-21)28-22(32)16-34-25-30-29-23(19-11-13-26-14-12-19)31(25)20-5-3-2-4-6-20/h2-15H,16H2,1H3,(H,27,28,32). The van der Waals surface area contributed by atoms with E-state index in [1.54, 1.807) is 12.4 Å². The first-order valence-corrected chi connectivity index (χ1v) is 12.4. The van der Waals surface area contributed by atoms with E-state index in [0.29, 0.717) is 16.1 Å². The van der Waals surface area contributed by atoms with Crippen molar-refractivity contribution in [2.24, 2.45) is 0 Å². The highest BCUT2D eigenvalue weighted by Crippen LogP contribution is 2.28. The number of aryl methyl sites for hydroxylation is 1. The molecule has 0 saturated heterocycles. The topological polar surface area (TPSA) is 85.6 Å². The number of carbonyl (C=O) groups excluding carboxylic acids is 1. The summed E-state index contributed by atoms with van der Waals surface area (Å²) >= 11 is 2.74. The van der Waals surface area contributed by atoms with Gasteiger partial charge in [0.05, 0.1) is 11.4 Å². The first-order chi connectivity index (χ1) is 16.7. The Balaban J connectivity index is 1.31. The molecule has 1 N–H and O–H groups in total. The van der Waals surface area contributed by atoms with E-state index < -0.39 is 0 Å². The third kappa shape index (κ3) is 4.90. The number of rotatable bonds is 7. The third-order valence-corrected chi connectivity index (χ3v) is 6.70. The first kappa shape index (κ1) is 22.0. The number of hydrogen-bond acceptors (Lipinski definition) is 7. The molecule has 3 heterocycles. The number of nitrogens with zero attached hydrogens (tertiary/aromatic N) is 5. The van der Waals surface area contributed by atoms with Gasteiger partial charge in [0.15, 0.2) is 16.1 Å². The molecule has 0 aliphatic rings. The average molecular weight is 485 g/mol. The second-order valence-electron chi connectivity index (χ2n) is 7.45. The molecule has 0 aliphatic carbocycles. The normalized spacial score (nSPS) is 10.9. The van der Waals surface area contributed by atoms with Gasteiger partial charge >= 0.3 is 0 Å². The fraction of sp³-hybridized carbons (Fsp3) is 0.0800. The molecule has 1 amide bonds. The Morgan fingerprint density at radius 2 is 1.74 bits per heavy atom. The number of anilines is 1. The van der Waals surface area contributed by atoms with Gasteiger partial charge < -0.3 is 5.32 Å². The summed E-state index contributed by atoms with van der Waals surface area (Å²) in [5.41, 5.74) is 4.88. The largest absolute Gasteiger partial charge is 0.301 e. The highest BCUT2D eigenvalue weighted by Gasteiger charge is 2.17. The molecular formula is C25H20N6OS2. The Kier molecular flexibility index (Phi) is 6.46. The van der Waals surface area contributed by atoms with Gasteiger partial charge in [-0.05, 0) is 31.2 Å². The number of nitrogens with one attached hydrogen (secondary N) is 1. The maximum Gasteiger partial charge on any atom is 0.236 e. The van der Waals surface area contributed by atoms with Crippen molar-refractivity contribution in [3.8, 4) is 28.3 Å². The second kappa shape index (κ2) is 9.98. The molecule has 0 radical (unpaired) electrons. The predicted molar refractivity (Wildman–Crippen MR) is 136 cm³/mol. The molecule has 0 saturated carbocycles. The molecule has 3 aromatic heterocycles. The van der Waals surface area contributed by atoms with Gasteiger partial charge in [-0.1, -0.05) is 59.8 Å². The minimum atomic E-state index is -0.150. The SMILES string of the molecule is Cc1ccc(-c2csc(NC(=O)CSc3nnc(-c4ccncc4)n3-c3ccccc3)n2)cc1. The van der Waals surface area contributed by atoms with Crippen LogP contribution in [0.1, 0.15) is 5.56 Å². The van der Waals surface area contributed by atoms with Crippen LogP contribution in [0.5, 0.6) is 0 Å². The Labute approximate surface area is 204 Å². The molecule has 0 unspecified atom stereocenters. The van der Waals surface area contributed by atoms with Crippen LogP contribution in [0.25, 0.3) is 28.3 Å². The lowest BCUT2D eigenvalue weighted by Crippen LogP contribution is -2.14. The molecule has 0 spiro atoms. The highest BCUT2D eigenvalue weighted by atomic mass is 32.2.